The van der Waals surface area contributed by atoms with Gasteiger partial charge in [0.1, 0.15) is 0 Å². The molecule has 1 aromatic rings. The molecule has 100 valence electrons. The zero-order chi connectivity index (χ0) is 13.3. The molecule has 0 spiro atoms. The normalized spacial score (nSPS) is 26.2. The van der Waals surface area contributed by atoms with E-state index >= 15 is 0 Å². The fourth-order valence-electron chi connectivity index (χ4n) is 2.07. The van der Waals surface area contributed by atoms with Gasteiger partial charge < -0.3 is 0 Å². The summed E-state index contributed by atoms with van der Waals surface area (Å²) in [4.78, 5) is 0.331. The molecule has 1 saturated heterocycles. The number of halogens is 2. The molecule has 6 heteroatoms. The molecule has 0 saturated carbocycles. The van der Waals surface area contributed by atoms with Crippen LogP contribution in [0.5, 0.6) is 0 Å². The molecule has 1 aliphatic heterocycles. The first-order valence-corrected chi connectivity index (χ1v) is 8.48. The van der Waals surface area contributed by atoms with Gasteiger partial charge in [-0.15, -0.1) is 11.6 Å². The lowest BCUT2D eigenvalue weighted by Crippen LogP contribution is -2.43. The van der Waals surface area contributed by atoms with E-state index in [2.05, 4.69) is 15.9 Å². The van der Waals surface area contributed by atoms with Gasteiger partial charge in [0.05, 0.1) is 4.90 Å². The lowest BCUT2D eigenvalue weighted by Gasteiger charge is -2.33. The lowest BCUT2D eigenvalue weighted by atomic mass is 10.0. The molecule has 18 heavy (non-hydrogen) atoms. The van der Waals surface area contributed by atoms with E-state index in [-0.39, 0.29) is 11.3 Å². The third-order valence-corrected chi connectivity index (χ3v) is 6.20. The van der Waals surface area contributed by atoms with Crippen LogP contribution in [0.15, 0.2) is 33.6 Å². The van der Waals surface area contributed by atoms with Gasteiger partial charge >= 0.3 is 0 Å². The molecule has 0 amide bonds. The minimum Gasteiger partial charge on any atom is -0.207 e. The van der Waals surface area contributed by atoms with Crippen molar-refractivity contribution in [2.24, 2.45) is 5.92 Å². The Bertz CT molecular complexity index is 535. The molecule has 0 radical (unpaired) electrons. The average molecular weight is 353 g/mol. The number of nitrogens with zero attached hydrogens (tertiary/aromatic N) is 1. The number of alkyl halides is 1. The topological polar surface area (TPSA) is 37.4 Å². The van der Waals surface area contributed by atoms with Crippen LogP contribution in [0.4, 0.5) is 0 Å². The number of hydrogen-bond donors (Lipinski definition) is 0. The fraction of sp³-hybridized carbons (Fsp3) is 0.500. The van der Waals surface area contributed by atoms with Crippen molar-refractivity contribution in [1.29, 1.82) is 0 Å². The molecule has 3 nitrogen and oxygen atoms in total. The van der Waals surface area contributed by atoms with Crippen molar-refractivity contribution in [3.63, 3.8) is 0 Å². The van der Waals surface area contributed by atoms with E-state index in [1.165, 1.54) is 4.31 Å². The predicted molar refractivity (Wildman–Crippen MR) is 76.3 cm³/mol. The minimum absolute atomic E-state index is 0.0685. The van der Waals surface area contributed by atoms with Gasteiger partial charge in [-0.05, 0) is 30.5 Å². The van der Waals surface area contributed by atoms with Gasteiger partial charge in [0.25, 0.3) is 0 Å². The zero-order valence-corrected chi connectivity index (χ0v) is 13.2. The Kier molecular flexibility index (Phi) is 4.36. The summed E-state index contributed by atoms with van der Waals surface area (Å²) in [5, 5.41) is 0.0685. The van der Waals surface area contributed by atoms with Gasteiger partial charge in [0, 0.05) is 22.9 Å². The maximum absolute atomic E-state index is 12.5. The molecular weight excluding hydrogens is 338 g/mol. The molecule has 0 bridgehead atoms. The van der Waals surface area contributed by atoms with E-state index in [1.807, 2.05) is 13.0 Å². The molecule has 0 aromatic heterocycles. The average Bonchev–Trinajstić information content (AvgIpc) is 2.32. The molecular formula is C12H15BrClNO2S. The van der Waals surface area contributed by atoms with Crippen LogP contribution in [0.1, 0.15) is 13.3 Å². The van der Waals surface area contributed by atoms with Crippen molar-refractivity contribution in [2.45, 2.75) is 23.6 Å². The molecule has 0 aliphatic carbocycles. The Morgan fingerprint density at radius 2 is 2.17 bits per heavy atom. The van der Waals surface area contributed by atoms with Crippen LogP contribution in [-0.4, -0.2) is 31.2 Å². The van der Waals surface area contributed by atoms with Crippen LogP contribution >= 0.6 is 27.5 Å². The largest absolute Gasteiger partial charge is 0.243 e. The smallest absolute Gasteiger partial charge is 0.207 e. The maximum atomic E-state index is 12.5. The van der Waals surface area contributed by atoms with Crippen LogP contribution in [-0.2, 0) is 10.0 Å². The van der Waals surface area contributed by atoms with Crippen molar-refractivity contribution < 1.29 is 8.42 Å². The van der Waals surface area contributed by atoms with E-state index in [4.69, 9.17) is 11.6 Å². The first kappa shape index (κ1) is 14.3. The van der Waals surface area contributed by atoms with Crippen molar-refractivity contribution >= 4 is 37.6 Å². The first-order valence-electron chi connectivity index (χ1n) is 5.81. The SMILES string of the molecule is CC1CN(S(=O)(=O)c2cccc(Br)c2)CCC1Cl. The molecule has 1 heterocycles. The first-order chi connectivity index (χ1) is 8.41. The van der Waals surface area contributed by atoms with E-state index in [0.717, 1.165) is 4.47 Å². The summed E-state index contributed by atoms with van der Waals surface area (Å²) >= 11 is 9.42. The van der Waals surface area contributed by atoms with Crippen molar-refractivity contribution in [3.05, 3.63) is 28.7 Å². The van der Waals surface area contributed by atoms with Gasteiger partial charge in [-0.2, -0.15) is 4.31 Å². The monoisotopic (exact) mass is 351 g/mol. The highest BCUT2D eigenvalue weighted by molar-refractivity contribution is 9.10. The second kappa shape index (κ2) is 5.49. The number of benzene rings is 1. The summed E-state index contributed by atoms with van der Waals surface area (Å²) in [6.07, 6.45) is 0.704. The van der Waals surface area contributed by atoms with Gasteiger partial charge in [0.2, 0.25) is 10.0 Å². The van der Waals surface area contributed by atoms with Crippen LogP contribution in [0, 0.1) is 5.92 Å². The van der Waals surface area contributed by atoms with E-state index in [0.29, 0.717) is 24.4 Å². The van der Waals surface area contributed by atoms with Crippen LogP contribution < -0.4 is 0 Å². The quantitative estimate of drug-likeness (QED) is 0.767. The molecule has 1 aromatic carbocycles. The highest BCUT2D eigenvalue weighted by atomic mass is 79.9. The number of hydrogen-bond acceptors (Lipinski definition) is 2. The van der Waals surface area contributed by atoms with Gasteiger partial charge in [0.15, 0.2) is 0 Å². The standard InChI is InChI=1S/C12H15BrClNO2S/c1-9-8-15(6-5-12(9)14)18(16,17)11-4-2-3-10(13)7-11/h2-4,7,9,12H,5-6,8H2,1H3. The van der Waals surface area contributed by atoms with Crippen LogP contribution in [0.3, 0.4) is 0 Å². The maximum Gasteiger partial charge on any atom is 0.243 e. The van der Waals surface area contributed by atoms with Crippen molar-refractivity contribution in [2.75, 3.05) is 13.1 Å². The number of piperidine rings is 1. The number of rotatable bonds is 2. The third kappa shape index (κ3) is 2.90. The Balaban J connectivity index is 2.27. The lowest BCUT2D eigenvalue weighted by molar-refractivity contribution is 0.286. The molecule has 1 fully saturated rings. The summed E-state index contributed by atoms with van der Waals surface area (Å²) in [7, 11) is -3.40. The molecule has 2 atom stereocenters. The summed E-state index contributed by atoms with van der Waals surface area (Å²) < 4.78 is 27.2. The van der Waals surface area contributed by atoms with Crippen molar-refractivity contribution in [1.82, 2.24) is 4.31 Å². The molecule has 2 rings (SSSR count). The van der Waals surface area contributed by atoms with Gasteiger partial charge in [-0.3, -0.25) is 0 Å². The Hall–Kier alpha value is -0.100. The molecule has 1 aliphatic rings. The summed E-state index contributed by atoms with van der Waals surface area (Å²) in [5.74, 6) is 0.183. The van der Waals surface area contributed by atoms with Crippen LogP contribution in [0.2, 0.25) is 0 Å². The highest BCUT2D eigenvalue weighted by Gasteiger charge is 2.32. The second-order valence-corrected chi connectivity index (χ2v) is 8.02. The summed E-state index contributed by atoms with van der Waals surface area (Å²) in [6, 6.07) is 6.80. The minimum atomic E-state index is -3.40. The second-order valence-electron chi connectivity index (χ2n) is 4.60. The summed E-state index contributed by atoms with van der Waals surface area (Å²) in [6.45, 7) is 2.97. The Morgan fingerprint density at radius 3 is 2.78 bits per heavy atom. The zero-order valence-electron chi connectivity index (χ0n) is 10.0. The van der Waals surface area contributed by atoms with E-state index < -0.39 is 10.0 Å². The van der Waals surface area contributed by atoms with Gasteiger partial charge in [-0.1, -0.05) is 28.9 Å². The summed E-state index contributed by atoms with van der Waals surface area (Å²) in [5.41, 5.74) is 0. The number of sulfonamides is 1. The Labute approximate surface area is 121 Å². The predicted octanol–water partition coefficient (Wildman–Crippen LogP) is 3.09. The van der Waals surface area contributed by atoms with Gasteiger partial charge in [-0.25, -0.2) is 8.42 Å². The third-order valence-electron chi connectivity index (χ3n) is 3.20. The fourth-order valence-corrected chi connectivity index (χ4v) is 4.40. The molecule has 2 unspecified atom stereocenters. The van der Waals surface area contributed by atoms with Crippen LogP contribution in [0.25, 0.3) is 0 Å². The van der Waals surface area contributed by atoms with E-state index in [9.17, 15) is 8.42 Å². The Morgan fingerprint density at radius 1 is 1.44 bits per heavy atom. The van der Waals surface area contributed by atoms with E-state index in [1.54, 1.807) is 18.2 Å². The van der Waals surface area contributed by atoms with Crippen molar-refractivity contribution in [3.8, 4) is 0 Å². The highest BCUT2D eigenvalue weighted by Crippen LogP contribution is 2.27. The molecule has 0 N–H and O–H groups in total.